The summed E-state index contributed by atoms with van der Waals surface area (Å²) in [6, 6.07) is 1.15. The molecule has 100 valence electrons. The number of anilines is 1. The second-order valence-electron chi connectivity index (χ2n) is 3.25. The van der Waals surface area contributed by atoms with Gasteiger partial charge in [-0.15, -0.1) is 0 Å². The van der Waals surface area contributed by atoms with E-state index in [1.54, 1.807) is 0 Å². The minimum absolute atomic E-state index is 0.0631. The number of hydrogen-bond acceptors (Lipinski definition) is 3. The Kier molecular flexibility index (Phi) is 4.49. The molecule has 0 aliphatic rings. The molecule has 18 heavy (non-hydrogen) atoms. The quantitative estimate of drug-likeness (QED) is 0.833. The topological polar surface area (TPSA) is 62.2 Å². The number of rotatable bonds is 4. The molecule has 0 spiro atoms. The van der Waals surface area contributed by atoms with E-state index in [0.717, 1.165) is 12.3 Å². The second kappa shape index (κ2) is 5.51. The molecule has 0 amide bonds. The van der Waals surface area contributed by atoms with Gasteiger partial charge in [-0.05, 0) is 22.0 Å². The SMILES string of the molecule is O=C(O)c1cnc(NCC(F)C(F)(F)F)c(Br)c1. The summed E-state index contributed by atoms with van der Waals surface area (Å²) in [4.78, 5) is 14.2. The standard InChI is InChI=1S/C9H7BrF4N2O2/c10-5-1-4(8(17)18)2-15-7(5)16-3-6(11)9(12,13)14/h1-2,6H,3H2,(H,15,16)(H,17,18). The van der Waals surface area contributed by atoms with Crippen molar-refractivity contribution in [3.8, 4) is 0 Å². The predicted molar refractivity (Wildman–Crippen MR) is 58.3 cm³/mol. The predicted octanol–water partition coefficient (Wildman–Crippen LogP) is 2.85. The maximum Gasteiger partial charge on any atom is 0.421 e. The number of carboxylic acids is 1. The van der Waals surface area contributed by atoms with Crippen LogP contribution in [0.2, 0.25) is 0 Å². The highest BCUT2D eigenvalue weighted by Crippen LogP contribution is 2.25. The van der Waals surface area contributed by atoms with E-state index in [0.29, 0.717) is 0 Å². The fourth-order valence-corrected chi connectivity index (χ4v) is 1.48. The lowest BCUT2D eigenvalue weighted by molar-refractivity contribution is -0.176. The summed E-state index contributed by atoms with van der Waals surface area (Å²) in [5, 5.41) is 10.8. The average Bonchev–Trinajstić information content (AvgIpc) is 2.25. The number of nitrogens with one attached hydrogen (secondary N) is 1. The van der Waals surface area contributed by atoms with Crippen LogP contribution < -0.4 is 5.32 Å². The van der Waals surface area contributed by atoms with Gasteiger partial charge in [0.25, 0.3) is 0 Å². The molecule has 0 saturated heterocycles. The van der Waals surface area contributed by atoms with Gasteiger partial charge in [-0.3, -0.25) is 0 Å². The normalized spacial score (nSPS) is 13.2. The molecule has 0 bridgehead atoms. The molecule has 1 aromatic rings. The minimum atomic E-state index is -4.94. The van der Waals surface area contributed by atoms with E-state index in [4.69, 9.17) is 5.11 Å². The Balaban J connectivity index is 2.72. The zero-order valence-electron chi connectivity index (χ0n) is 8.63. The molecule has 0 fully saturated rings. The van der Waals surface area contributed by atoms with Gasteiger partial charge in [-0.1, -0.05) is 0 Å². The molecule has 0 saturated carbocycles. The monoisotopic (exact) mass is 330 g/mol. The highest BCUT2D eigenvalue weighted by atomic mass is 79.9. The lowest BCUT2D eigenvalue weighted by atomic mass is 10.3. The second-order valence-corrected chi connectivity index (χ2v) is 4.10. The Hall–Kier alpha value is -1.38. The van der Waals surface area contributed by atoms with Crippen molar-refractivity contribution in [1.82, 2.24) is 4.98 Å². The fourth-order valence-electron chi connectivity index (χ4n) is 0.987. The Morgan fingerprint density at radius 1 is 1.56 bits per heavy atom. The third kappa shape index (κ3) is 3.83. The smallest absolute Gasteiger partial charge is 0.421 e. The van der Waals surface area contributed by atoms with E-state index >= 15 is 0 Å². The van der Waals surface area contributed by atoms with Gasteiger partial charge in [-0.2, -0.15) is 13.2 Å². The molecule has 2 N–H and O–H groups in total. The largest absolute Gasteiger partial charge is 0.478 e. The van der Waals surface area contributed by atoms with Gasteiger partial charge in [-0.25, -0.2) is 14.2 Å². The number of carboxylic acid groups (broad SMARTS) is 1. The molecule has 1 atom stereocenters. The summed E-state index contributed by atoms with van der Waals surface area (Å²) in [7, 11) is 0. The van der Waals surface area contributed by atoms with Gasteiger partial charge in [0, 0.05) is 6.20 Å². The van der Waals surface area contributed by atoms with Crippen molar-refractivity contribution in [1.29, 1.82) is 0 Å². The van der Waals surface area contributed by atoms with Crippen LogP contribution in [0, 0.1) is 0 Å². The zero-order valence-corrected chi connectivity index (χ0v) is 10.2. The van der Waals surface area contributed by atoms with Crippen molar-refractivity contribution in [3.05, 3.63) is 22.3 Å². The number of hydrogen-bond donors (Lipinski definition) is 2. The van der Waals surface area contributed by atoms with Crippen LogP contribution in [0.1, 0.15) is 10.4 Å². The molecule has 1 unspecified atom stereocenters. The summed E-state index contributed by atoms with van der Waals surface area (Å²) in [6.45, 7) is -0.998. The van der Waals surface area contributed by atoms with Crippen LogP contribution in [0.4, 0.5) is 23.4 Å². The van der Waals surface area contributed by atoms with Gasteiger partial charge in [0.1, 0.15) is 5.82 Å². The highest BCUT2D eigenvalue weighted by molar-refractivity contribution is 9.10. The van der Waals surface area contributed by atoms with Gasteiger partial charge in [0.05, 0.1) is 16.6 Å². The molecule has 4 nitrogen and oxygen atoms in total. The van der Waals surface area contributed by atoms with Crippen molar-refractivity contribution in [2.24, 2.45) is 0 Å². The average molecular weight is 331 g/mol. The van der Waals surface area contributed by atoms with Gasteiger partial charge in [0.2, 0.25) is 6.17 Å². The van der Waals surface area contributed by atoms with Gasteiger partial charge >= 0.3 is 12.1 Å². The molecule has 0 aliphatic carbocycles. The van der Waals surface area contributed by atoms with Crippen molar-refractivity contribution >= 4 is 27.7 Å². The number of halogens is 5. The minimum Gasteiger partial charge on any atom is -0.478 e. The van der Waals surface area contributed by atoms with Gasteiger partial charge in [0.15, 0.2) is 0 Å². The first kappa shape index (κ1) is 14.7. The number of alkyl halides is 4. The van der Waals surface area contributed by atoms with Crippen LogP contribution in [-0.2, 0) is 0 Å². The molecule has 0 aliphatic heterocycles. The van der Waals surface area contributed by atoms with Crippen LogP contribution in [0.5, 0.6) is 0 Å². The van der Waals surface area contributed by atoms with E-state index in [2.05, 4.69) is 26.2 Å². The van der Waals surface area contributed by atoms with Crippen molar-refractivity contribution < 1.29 is 27.5 Å². The number of nitrogens with zero attached hydrogens (tertiary/aromatic N) is 1. The number of carbonyl (C=O) groups is 1. The molecule has 0 radical (unpaired) electrons. The summed E-state index contributed by atoms with van der Waals surface area (Å²) < 4.78 is 48.4. The van der Waals surface area contributed by atoms with E-state index < -0.39 is 24.9 Å². The molecule has 0 aromatic carbocycles. The maximum atomic E-state index is 12.6. The first-order valence-electron chi connectivity index (χ1n) is 4.55. The van der Waals surface area contributed by atoms with E-state index in [1.807, 2.05) is 0 Å². The lowest BCUT2D eigenvalue weighted by Gasteiger charge is -2.14. The Labute approximate surface area is 107 Å². The highest BCUT2D eigenvalue weighted by Gasteiger charge is 2.39. The molecule has 1 rings (SSSR count). The van der Waals surface area contributed by atoms with Crippen LogP contribution in [-0.4, -0.2) is 35.0 Å². The Morgan fingerprint density at radius 3 is 2.61 bits per heavy atom. The van der Waals surface area contributed by atoms with Crippen molar-refractivity contribution in [2.75, 3.05) is 11.9 Å². The first-order chi connectivity index (χ1) is 8.21. The van der Waals surface area contributed by atoms with E-state index in [9.17, 15) is 22.4 Å². The lowest BCUT2D eigenvalue weighted by Crippen LogP contribution is -2.31. The van der Waals surface area contributed by atoms with Crippen molar-refractivity contribution in [2.45, 2.75) is 12.3 Å². The molecular formula is C9H7BrF4N2O2. The summed E-state index contributed by atoms with van der Waals surface area (Å²) in [5.41, 5.74) is -0.139. The van der Waals surface area contributed by atoms with Crippen LogP contribution >= 0.6 is 15.9 Å². The molecule has 9 heteroatoms. The molecular weight excluding hydrogens is 324 g/mol. The van der Waals surface area contributed by atoms with Crippen molar-refractivity contribution in [3.63, 3.8) is 0 Å². The van der Waals surface area contributed by atoms with E-state index in [-0.39, 0.29) is 15.9 Å². The Morgan fingerprint density at radius 2 is 2.17 bits per heavy atom. The van der Waals surface area contributed by atoms with Crippen LogP contribution in [0.15, 0.2) is 16.7 Å². The number of aromatic carboxylic acids is 1. The molecule has 1 heterocycles. The summed E-state index contributed by atoms with van der Waals surface area (Å²) in [6.07, 6.45) is -7.01. The zero-order chi connectivity index (χ0) is 13.9. The summed E-state index contributed by atoms with van der Waals surface area (Å²) >= 11 is 2.92. The molecule has 1 aromatic heterocycles. The Bertz CT molecular complexity index is 453. The third-order valence-corrected chi connectivity index (χ3v) is 2.50. The number of pyridine rings is 1. The van der Waals surface area contributed by atoms with E-state index in [1.165, 1.54) is 0 Å². The summed E-state index contributed by atoms with van der Waals surface area (Å²) in [5.74, 6) is -1.29. The van der Waals surface area contributed by atoms with Crippen LogP contribution in [0.3, 0.4) is 0 Å². The maximum absolute atomic E-state index is 12.6. The fraction of sp³-hybridized carbons (Fsp3) is 0.333. The van der Waals surface area contributed by atoms with Gasteiger partial charge < -0.3 is 10.4 Å². The first-order valence-corrected chi connectivity index (χ1v) is 5.34. The van der Waals surface area contributed by atoms with Crippen LogP contribution in [0.25, 0.3) is 0 Å². The third-order valence-electron chi connectivity index (χ3n) is 1.89. The number of aromatic nitrogens is 1.